The van der Waals surface area contributed by atoms with Crippen LogP contribution in [0.4, 0.5) is 5.82 Å². The lowest BCUT2D eigenvalue weighted by Gasteiger charge is -2.30. The molecule has 0 aliphatic rings. The Bertz CT molecular complexity index is 1110. The van der Waals surface area contributed by atoms with Crippen LogP contribution in [0.3, 0.4) is 0 Å². The number of rotatable bonds is 5. The van der Waals surface area contributed by atoms with Crippen molar-refractivity contribution in [1.82, 2.24) is 34.9 Å². The van der Waals surface area contributed by atoms with Gasteiger partial charge in [-0.1, -0.05) is 25.1 Å². The van der Waals surface area contributed by atoms with E-state index in [1.807, 2.05) is 31.6 Å². The van der Waals surface area contributed by atoms with Crippen molar-refractivity contribution >= 4 is 5.82 Å². The fourth-order valence-corrected chi connectivity index (χ4v) is 3.13. The minimum atomic E-state index is -0.484. The van der Waals surface area contributed by atoms with Crippen molar-refractivity contribution in [2.45, 2.75) is 26.2 Å². The first-order chi connectivity index (χ1) is 13.9. The monoisotopic (exact) mass is 390 g/mol. The van der Waals surface area contributed by atoms with Gasteiger partial charge in [0.1, 0.15) is 11.5 Å². The van der Waals surface area contributed by atoms with Gasteiger partial charge < -0.3 is 10.3 Å². The molecule has 0 aliphatic carbocycles. The molecule has 0 amide bonds. The molecule has 0 bridgehead atoms. The summed E-state index contributed by atoms with van der Waals surface area (Å²) in [6, 6.07) is 3.93. The van der Waals surface area contributed by atoms with Crippen LogP contribution >= 0.6 is 0 Å². The highest BCUT2D eigenvalue weighted by atomic mass is 16.5. The van der Waals surface area contributed by atoms with Crippen LogP contribution < -0.4 is 5.73 Å². The van der Waals surface area contributed by atoms with Gasteiger partial charge in [0, 0.05) is 19.4 Å². The maximum atomic E-state index is 5.61. The van der Waals surface area contributed by atoms with Crippen molar-refractivity contribution in [3.05, 3.63) is 54.5 Å². The van der Waals surface area contributed by atoms with Gasteiger partial charge in [-0.2, -0.15) is 10.1 Å². The molecule has 0 spiro atoms. The van der Waals surface area contributed by atoms with Crippen molar-refractivity contribution in [2.75, 3.05) is 5.73 Å². The number of hydrogen-bond donors (Lipinski definition) is 1. The molecule has 4 aromatic rings. The molecule has 0 saturated carbocycles. The molecule has 4 aromatic heterocycles. The molecular weight excluding hydrogens is 368 g/mol. The largest absolute Gasteiger partial charge is 0.382 e. The number of nitrogens with two attached hydrogens (primary N) is 1. The van der Waals surface area contributed by atoms with E-state index in [0.29, 0.717) is 23.2 Å². The zero-order valence-corrected chi connectivity index (χ0v) is 16.7. The summed E-state index contributed by atoms with van der Waals surface area (Å²) in [7, 11) is 1.84. The Balaban J connectivity index is 1.70. The van der Waals surface area contributed by atoms with Crippen LogP contribution in [0.2, 0.25) is 0 Å². The maximum absolute atomic E-state index is 5.61. The first kappa shape index (κ1) is 18.7. The molecule has 1 unspecified atom stereocenters. The van der Waals surface area contributed by atoms with Gasteiger partial charge in [-0.3, -0.25) is 9.67 Å². The summed E-state index contributed by atoms with van der Waals surface area (Å²) >= 11 is 0. The van der Waals surface area contributed by atoms with Gasteiger partial charge in [-0.05, 0) is 24.5 Å². The second-order valence-corrected chi connectivity index (χ2v) is 7.44. The van der Waals surface area contributed by atoms with Crippen molar-refractivity contribution in [1.29, 1.82) is 0 Å². The molecule has 0 radical (unpaired) electrons. The fraction of sp³-hybridized carbons (Fsp3) is 0.300. The van der Waals surface area contributed by atoms with Crippen LogP contribution in [-0.4, -0.2) is 34.9 Å². The van der Waals surface area contributed by atoms with Gasteiger partial charge in [0.2, 0.25) is 0 Å². The Kier molecular flexibility index (Phi) is 4.57. The molecule has 0 fully saturated rings. The number of aromatic nitrogens is 7. The molecule has 29 heavy (non-hydrogen) atoms. The number of anilines is 1. The third-order valence-corrected chi connectivity index (χ3v) is 5.29. The van der Waals surface area contributed by atoms with E-state index in [0.717, 1.165) is 16.8 Å². The first-order valence-corrected chi connectivity index (χ1v) is 9.25. The number of pyridine rings is 1. The highest BCUT2D eigenvalue weighted by Crippen LogP contribution is 2.38. The molecule has 4 heterocycles. The zero-order valence-electron chi connectivity index (χ0n) is 16.7. The van der Waals surface area contributed by atoms with Crippen molar-refractivity contribution in [2.24, 2.45) is 13.0 Å². The van der Waals surface area contributed by atoms with Gasteiger partial charge in [0.05, 0.1) is 35.3 Å². The second kappa shape index (κ2) is 7.08. The van der Waals surface area contributed by atoms with Crippen molar-refractivity contribution in [3.63, 3.8) is 0 Å². The Labute approximate surface area is 168 Å². The smallest absolute Gasteiger partial charge is 0.261 e. The van der Waals surface area contributed by atoms with E-state index in [4.69, 9.17) is 10.3 Å². The quantitative estimate of drug-likeness (QED) is 0.552. The van der Waals surface area contributed by atoms with E-state index in [1.165, 1.54) is 6.20 Å². The average Bonchev–Trinajstić information content (AvgIpc) is 3.37. The first-order valence-electron chi connectivity index (χ1n) is 9.25. The van der Waals surface area contributed by atoms with Crippen LogP contribution in [0.5, 0.6) is 0 Å². The van der Waals surface area contributed by atoms with Crippen molar-refractivity contribution in [3.8, 4) is 22.8 Å². The van der Waals surface area contributed by atoms with Gasteiger partial charge in [0.25, 0.3) is 5.89 Å². The highest BCUT2D eigenvalue weighted by molar-refractivity contribution is 5.54. The van der Waals surface area contributed by atoms with Gasteiger partial charge in [0.15, 0.2) is 5.82 Å². The molecule has 2 N–H and O–H groups in total. The number of hydrogen-bond acceptors (Lipinski definition) is 8. The van der Waals surface area contributed by atoms with E-state index >= 15 is 0 Å². The summed E-state index contributed by atoms with van der Waals surface area (Å²) in [6.45, 7) is 6.34. The Morgan fingerprint density at radius 1 is 1.03 bits per heavy atom. The lowest BCUT2D eigenvalue weighted by atomic mass is 9.73. The standard InChI is InChI=1S/C20H22N8O/c1-12(2)20(3,19-26-18(29-27-19)13-7-25-28(4)11-13)14-5-6-15(22-8-14)16-9-24-17(21)10-23-16/h5-12H,1-4H3,(H2,21,24). The lowest BCUT2D eigenvalue weighted by Crippen LogP contribution is -2.31. The van der Waals surface area contributed by atoms with E-state index in [2.05, 4.69) is 51.0 Å². The summed E-state index contributed by atoms with van der Waals surface area (Å²) in [4.78, 5) is 17.6. The maximum Gasteiger partial charge on any atom is 0.261 e. The molecule has 9 heteroatoms. The molecule has 0 aromatic carbocycles. The van der Waals surface area contributed by atoms with Gasteiger partial charge in [-0.25, -0.2) is 9.97 Å². The SMILES string of the molecule is CC(C)C(C)(c1ccc(-c2cnc(N)cn2)nc1)c1noc(-c2cnn(C)c2)n1. The van der Waals surface area contributed by atoms with Crippen LogP contribution in [0, 0.1) is 5.92 Å². The molecule has 1 atom stereocenters. The number of aryl methyl sites for hydroxylation is 1. The van der Waals surface area contributed by atoms with Crippen LogP contribution in [0.1, 0.15) is 32.2 Å². The average molecular weight is 390 g/mol. The third-order valence-electron chi connectivity index (χ3n) is 5.29. The molecule has 9 nitrogen and oxygen atoms in total. The predicted molar refractivity (Wildman–Crippen MR) is 107 cm³/mol. The summed E-state index contributed by atoms with van der Waals surface area (Å²) < 4.78 is 7.22. The topological polar surface area (TPSA) is 121 Å². The molecule has 4 rings (SSSR count). The Hall–Kier alpha value is -3.62. The predicted octanol–water partition coefficient (Wildman–Crippen LogP) is 2.87. The van der Waals surface area contributed by atoms with Crippen molar-refractivity contribution < 1.29 is 4.52 Å². The summed E-state index contributed by atoms with van der Waals surface area (Å²) in [5, 5.41) is 8.44. The highest BCUT2D eigenvalue weighted by Gasteiger charge is 2.38. The van der Waals surface area contributed by atoms with Crippen LogP contribution in [-0.2, 0) is 12.5 Å². The van der Waals surface area contributed by atoms with Crippen LogP contribution in [0.15, 0.2) is 47.6 Å². The van der Waals surface area contributed by atoms with E-state index < -0.39 is 5.41 Å². The summed E-state index contributed by atoms with van der Waals surface area (Å²) in [6.07, 6.45) is 8.50. The number of nitrogens with zero attached hydrogens (tertiary/aromatic N) is 7. The normalized spacial score (nSPS) is 13.6. The summed E-state index contributed by atoms with van der Waals surface area (Å²) in [5.74, 6) is 1.62. The zero-order chi connectivity index (χ0) is 20.6. The molecule has 0 saturated heterocycles. The van der Waals surface area contributed by atoms with E-state index in [1.54, 1.807) is 17.1 Å². The third kappa shape index (κ3) is 3.35. The van der Waals surface area contributed by atoms with E-state index in [-0.39, 0.29) is 5.92 Å². The fourth-order valence-electron chi connectivity index (χ4n) is 3.13. The molecule has 148 valence electrons. The molecular formula is C20H22N8O. The summed E-state index contributed by atoms with van der Waals surface area (Å²) in [5.41, 5.74) is 8.27. The van der Waals surface area contributed by atoms with E-state index in [9.17, 15) is 0 Å². The second-order valence-electron chi connectivity index (χ2n) is 7.44. The van der Waals surface area contributed by atoms with Crippen LogP contribution in [0.25, 0.3) is 22.8 Å². The lowest BCUT2D eigenvalue weighted by molar-refractivity contribution is 0.350. The minimum Gasteiger partial charge on any atom is -0.382 e. The Morgan fingerprint density at radius 2 is 1.83 bits per heavy atom. The van der Waals surface area contributed by atoms with Gasteiger partial charge >= 0.3 is 0 Å². The Morgan fingerprint density at radius 3 is 2.41 bits per heavy atom. The minimum absolute atomic E-state index is 0.200. The van der Waals surface area contributed by atoms with Gasteiger partial charge in [-0.15, -0.1) is 0 Å². The number of nitrogen functional groups attached to an aromatic ring is 1. The molecule has 0 aliphatic heterocycles.